The zero-order valence-corrected chi connectivity index (χ0v) is 8.47. The van der Waals surface area contributed by atoms with Crippen LogP contribution < -0.4 is 11.1 Å². The average Bonchev–Trinajstić information content (AvgIpc) is 2.01. The molecule has 5 nitrogen and oxygen atoms in total. The van der Waals surface area contributed by atoms with Crippen molar-refractivity contribution in [2.24, 2.45) is 5.73 Å². The molecule has 0 aromatic carbocycles. The molecule has 0 saturated heterocycles. The van der Waals surface area contributed by atoms with Gasteiger partial charge in [-0.15, -0.1) is 0 Å². The second-order valence-corrected chi connectivity index (χ2v) is 3.11. The minimum absolute atomic E-state index is 0.0216. The predicted octanol–water partition coefficient (Wildman–Crippen LogP) is -0.562. The molecule has 0 aliphatic rings. The maximum absolute atomic E-state index is 6.89. The lowest BCUT2D eigenvalue weighted by Crippen LogP contribution is -2.31. The third-order valence-electron chi connectivity index (χ3n) is 1.46. The van der Waals surface area contributed by atoms with E-state index in [0.29, 0.717) is 13.2 Å². The zero-order chi connectivity index (χ0) is 10.1. The Balaban J connectivity index is 2.96. The third-order valence-corrected chi connectivity index (χ3v) is 1.46. The minimum atomic E-state index is 0.0216. The van der Waals surface area contributed by atoms with Crippen molar-refractivity contribution in [3.63, 3.8) is 0 Å². The summed E-state index contributed by atoms with van der Waals surface area (Å²) >= 11 is 0. The first-order valence-corrected chi connectivity index (χ1v) is 4.43. The molecular formula is C8H20N4O. The topological polar surface area (TPSA) is 74.4 Å². The first kappa shape index (κ1) is 12.2. The van der Waals surface area contributed by atoms with Crippen LogP contribution in [-0.4, -0.2) is 51.3 Å². The Hall–Kier alpha value is -0.810. The van der Waals surface area contributed by atoms with Gasteiger partial charge in [0.1, 0.15) is 0 Å². The highest BCUT2D eigenvalue weighted by atomic mass is 16.5. The van der Waals surface area contributed by atoms with Gasteiger partial charge in [-0.1, -0.05) is 0 Å². The van der Waals surface area contributed by atoms with Crippen molar-refractivity contribution in [3.05, 3.63) is 0 Å². The number of guanidine groups is 1. The molecule has 0 aromatic rings. The molecule has 0 amide bonds. The maximum atomic E-state index is 6.89. The van der Waals surface area contributed by atoms with Crippen molar-refractivity contribution in [2.45, 2.75) is 6.42 Å². The van der Waals surface area contributed by atoms with Crippen LogP contribution in [0.15, 0.2) is 0 Å². The van der Waals surface area contributed by atoms with E-state index in [4.69, 9.17) is 15.9 Å². The van der Waals surface area contributed by atoms with Crippen LogP contribution in [0.3, 0.4) is 0 Å². The van der Waals surface area contributed by atoms with E-state index in [1.807, 2.05) is 14.1 Å². The monoisotopic (exact) mass is 188 g/mol. The highest BCUT2D eigenvalue weighted by Gasteiger charge is 1.91. The van der Waals surface area contributed by atoms with Gasteiger partial charge in [0.05, 0.1) is 6.61 Å². The SMILES string of the molecule is CN(C)CCOCCCNC(=N)N. The van der Waals surface area contributed by atoms with Gasteiger partial charge < -0.3 is 20.7 Å². The van der Waals surface area contributed by atoms with Crippen LogP contribution in [0.1, 0.15) is 6.42 Å². The Morgan fingerprint density at radius 1 is 1.46 bits per heavy atom. The van der Waals surface area contributed by atoms with Crippen LogP contribution in [0.25, 0.3) is 0 Å². The van der Waals surface area contributed by atoms with Gasteiger partial charge in [-0.2, -0.15) is 0 Å². The quantitative estimate of drug-likeness (QED) is 0.284. The number of hydrogen-bond acceptors (Lipinski definition) is 3. The summed E-state index contributed by atoms with van der Waals surface area (Å²) in [4.78, 5) is 2.08. The van der Waals surface area contributed by atoms with Gasteiger partial charge in [0.25, 0.3) is 0 Å². The van der Waals surface area contributed by atoms with Crippen molar-refractivity contribution < 1.29 is 4.74 Å². The van der Waals surface area contributed by atoms with E-state index in [1.54, 1.807) is 0 Å². The highest BCUT2D eigenvalue weighted by molar-refractivity contribution is 5.74. The first-order chi connectivity index (χ1) is 6.13. The number of nitrogens with zero attached hydrogens (tertiary/aromatic N) is 1. The summed E-state index contributed by atoms with van der Waals surface area (Å²) < 4.78 is 5.33. The van der Waals surface area contributed by atoms with Crippen molar-refractivity contribution in [1.82, 2.24) is 10.2 Å². The maximum Gasteiger partial charge on any atom is 0.185 e. The number of nitrogens with two attached hydrogens (primary N) is 1. The molecule has 0 aliphatic heterocycles. The molecule has 4 N–H and O–H groups in total. The van der Waals surface area contributed by atoms with Crippen LogP contribution in [0.2, 0.25) is 0 Å². The van der Waals surface area contributed by atoms with Crippen molar-refractivity contribution in [3.8, 4) is 0 Å². The average molecular weight is 188 g/mol. The molecule has 78 valence electrons. The van der Waals surface area contributed by atoms with Crippen molar-refractivity contribution >= 4 is 5.96 Å². The van der Waals surface area contributed by atoms with Crippen molar-refractivity contribution in [1.29, 1.82) is 5.41 Å². The summed E-state index contributed by atoms with van der Waals surface area (Å²) in [6, 6.07) is 0. The molecular weight excluding hydrogens is 168 g/mol. The second kappa shape index (κ2) is 7.82. The normalized spacial score (nSPS) is 10.4. The van der Waals surface area contributed by atoms with E-state index in [0.717, 1.165) is 19.6 Å². The molecule has 0 rings (SSSR count). The lowest BCUT2D eigenvalue weighted by atomic mass is 10.4. The van der Waals surface area contributed by atoms with Crippen LogP contribution in [0.5, 0.6) is 0 Å². The lowest BCUT2D eigenvalue weighted by Gasteiger charge is -2.09. The van der Waals surface area contributed by atoms with Crippen LogP contribution in [-0.2, 0) is 4.74 Å². The van der Waals surface area contributed by atoms with E-state index in [2.05, 4.69) is 10.2 Å². The molecule has 0 fully saturated rings. The summed E-state index contributed by atoms with van der Waals surface area (Å²) in [5.74, 6) is 0.0216. The number of hydrogen-bond donors (Lipinski definition) is 3. The van der Waals surface area contributed by atoms with Gasteiger partial charge in [0.2, 0.25) is 0 Å². The van der Waals surface area contributed by atoms with E-state index in [1.165, 1.54) is 0 Å². The Labute approximate surface area is 79.7 Å². The molecule has 0 bridgehead atoms. The zero-order valence-electron chi connectivity index (χ0n) is 8.47. The molecule has 0 atom stereocenters. The van der Waals surface area contributed by atoms with Gasteiger partial charge in [-0.3, -0.25) is 5.41 Å². The second-order valence-electron chi connectivity index (χ2n) is 3.11. The van der Waals surface area contributed by atoms with Gasteiger partial charge in [-0.25, -0.2) is 0 Å². The number of ether oxygens (including phenoxy) is 1. The largest absolute Gasteiger partial charge is 0.380 e. The standard InChI is InChI=1S/C8H20N4O/c1-12(2)5-7-13-6-3-4-11-8(9)10/h3-7H2,1-2H3,(H4,9,10,11). The predicted molar refractivity (Wildman–Crippen MR) is 53.9 cm³/mol. The van der Waals surface area contributed by atoms with Gasteiger partial charge in [-0.05, 0) is 20.5 Å². The third kappa shape index (κ3) is 11.2. The molecule has 0 aliphatic carbocycles. The minimum Gasteiger partial charge on any atom is -0.380 e. The molecule has 0 radical (unpaired) electrons. The summed E-state index contributed by atoms with van der Waals surface area (Å²) in [6.07, 6.45) is 0.882. The molecule has 13 heavy (non-hydrogen) atoms. The van der Waals surface area contributed by atoms with Crippen molar-refractivity contribution in [2.75, 3.05) is 40.4 Å². The van der Waals surface area contributed by atoms with Gasteiger partial charge in [0.15, 0.2) is 5.96 Å². The number of likely N-dealkylation sites (N-methyl/N-ethyl adjacent to an activating group) is 1. The first-order valence-electron chi connectivity index (χ1n) is 4.43. The summed E-state index contributed by atoms with van der Waals surface area (Å²) in [5, 5.41) is 9.60. The molecule has 5 heteroatoms. The fourth-order valence-corrected chi connectivity index (χ4v) is 0.746. The Bertz CT molecular complexity index is 138. The van der Waals surface area contributed by atoms with E-state index < -0.39 is 0 Å². The fourth-order valence-electron chi connectivity index (χ4n) is 0.746. The molecule has 0 heterocycles. The van der Waals surface area contributed by atoms with E-state index >= 15 is 0 Å². The van der Waals surface area contributed by atoms with Gasteiger partial charge >= 0.3 is 0 Å². The number of nitrogens with one attached hydrogen (secondary N) is 2. The molecule has 0 saturated carbocycles. The Kier molecular flexibility index (Phi) is 7.33. The molecule has 0 aromatic heterocycles. The van der Waals surface area contributed by atoms with Gasteiger partial charge in [0, 0.05) is 19.7 Å². The van der Waals surface area contributed by atoms with Crippen LogP contribution in [0.4, 0.5) is 0 Å². The molecule has 0 unspecified atom stereocenters. The molecule has 0 spiro atoms. The lowest BCUT2D eigenvalue weighted by molar-refractivity contribution is 0.116. The van der Waals surface area contributed by atoms with E-state index in [9.17, 15) is 0 Å². The fraction of sp³-hybridized carbons (Fsp3) is 0.875. The summed E-state index contributed by atoms with van der Waals surface area (Å²) in [5.41, 5.74) is 5.10. The highest BCUT2D eigenvalue weighted by Crippen LogP contribution is 1.82. The van der Waals surface area contributed by atoms with E-state index in [-0.39, 0.29) is 5.96 Å². The summed E-state index contributed by atoms with van der Waals surface area (Å²) in [7, 11) is 4.03. The van der Waals surface area contributed by atoms with Crippen LogP contribution in [0, 0.1) is 5.41 Å². The Morgan fingerprint density at radius 2 is 2.15 bits per heavy atom. The Morgan fingerprint density at radius 3 is 2.69 bits per heavy atom. The number of rotatable bonds is 7. The smallest absolute Gasteiger partial charge is 0.185 e. The summed E-state index contributed by atoms with van der Waals surface area (Å²) in [6.45, 7) is 3.12. The van der Waals surface area contributed by atoms with Crippen LogP contribution >= 0.6 is 0 Å².